The van der Waals surface area contributed by atoms with Gasteiger partial charge in [-0.2, -0.15) is 15.3 Å². The SMILES string of the molecule is CC(C)c1cc2n(n1)CC(=O)N(C(C)(C)CCC(C)c1cc3n(n1)CC(=O)N(C(C)CCCC(C)c1cc4n(n1)CC(=O)NCC41CC1)CC3O)CC2F. The first-order valence-electron chi connectivity index (χ1n) is 20.0. The van der Waals surface area contributed by atoms with Crippen LogP contribution >= 0.6 is 0 Å². The molecule has 5 unspecified atom stereocenters. The molecule has 4 aliphatic rings. The van der Waals surface area contributed by atoms with E-state index in [2.05, 4.69) is 30.3 Å². The van der Waals surface area contributed by atoms with Crippen LogP contribution in [0.15, 0.2) is 18.2 Å². The molecule has 0 aromatic carbocycles. The van der Waals surface area contributed by atoms with Crippen molar-refractivity contribution in [1.29, 1.82) is 0 Å². The van der Waals surface area contributed by atoms with Crippen molar-refractivity contribution in [2.45, 2.75) is 160 Å². The summed E-state index contributed by atoms with van der Waals surface area (Å²) in [4.78, 5) is 42.6. The van der Waals surface area contributed by atoms with Gasteiger partial charge in [0.25, 0.3) is 0 Å². The highest BCUT2D eigenvalue weighted by Crippen LogP contribution is 2.49. The van der Waals surface area contributed by atoms with E-state index >= 15 is 4.39 Å². The van der Waals surface area contributed by atoms with Crippen LogP contribution in [0.1, 0.15) is 158 Å². The largest absolute Gasteiger partial charge is 0.385 e. The Kier molecular flexibility index (Phi) is 10.3. The van der Waals surface area contributed by atoms with Crippen molar-refractivity contribution in [1.82, 2.24) is 44.5 Å². The summed E-state index contributed by atoms with van der Waals surface area (Å²) in [6.07, 6.45) is 3.90. The molecule has 7 rings (SSSR count). The minimum absolute atomic E-state index is 0.00687. The molecule has 0 bridgehead atoms. The molecule has 2 N–H and O–H groups in total. The van der Waals surface area contributed by atoms with Crippen LogP contribution < -0.4 is 5.32 Å². The maximum absolute atomic E-state index is 15.5. The number of fused-ring (bicyclic) bond motifs is 4. The van der Waals surface area contributed by atoms with Crippen LogP contribution in [0.25, 0.3) is 0 Å². The second-order valence-electron chi connectivity index (χ2n) is 17.6. The molecule has 0 saturated heterocycles. The minimum Gasteiger partial charge on any atom is -0.385 e. The molecule has 3 amide bonds. The highest BCUT2D eigenvalue weighted by Gasteiger charge is 2.49. The molecule has 1 fully saturated rings. The van der Waals surface area contributed by atoms with E-state index in [1.807, 2.05) is 45.4 Å². The van der Waals surface area contributed by atoms with Crippen LogP contribution in [0.4, 0.5) is 4.39 Å². The average Bonchev–Trinajstić information content (AvgIpc) is 3.46. The molecule has 1 aliphatic carbocycles. The third-order valence-corrected chi connectivity index (χ3v) is 12.7. The molecule has 14 heteroatoms. The Morgan fingerprint density at radius 3 is 2.19 bits per heavy atom. The molecule has 0 radical (unpaired) electrons. The smallest absolute Gasteiger partial charge is 0.244 e. The summed E-state index contributed by atoms with van der Waals surface area (Å²) in [5, 5.41) is 28.5. The Labute approximate surface area is 317 Å². The van der Waals surface area contributed by atoms with E-state index < -0.39 is 17.8 Å². The van der Waals surface area contributed by atoms with E-state index in [4.69, 9.17) is 10.2 Å². The number of carbonyl (C=O) groups is 3. The third-order valence-electron chi connectivity index (χ3n) is 12.7. The Morgan fingerprint density at radius 1 is 0.833 bits per heavy atom. The van der Waals surface area contributed by atoms with E-state index in [1.54, 1.807) is 20.5 Å². The van der Waals surface area contributed by atoms with Crippen molar-refractivity contribution in [2.24, 2.45) is 0 Å². The predicted octanol–water partition coefficient (Wildman–Crippen LogP) is 5.01. The summed E-state index contributed by atoms with van der Waals surface area (Å²) in [6.45, 7) is 15.5. The number of carbonyl (C=O) groups excluding carboxylic acids is 3. The van der Waals surface area contributed by atoms with Gasteiger partial charge in [-0.1, -0.05) is 34.1 Å². The van der Waals surface area contributed by atoms with E-state index in [9.17, 15) is 19.5 Å². The molecule has 6 heterocycles. The molecular weight excluding hydrogens is 689 g/mol. The van der Waals surface area contributed by atoms with Gasteiger partial charge >= 0.3 is 0 Å². The van der Waals surface area contributed by atoms with Crippen molar-refractivity contribution < 1.29 is 23.9 Å². The number of halogens is 1. The normalized spacial score (nSPS) is 23.0. The summed E-state index contributed by atoms with van der Waals surface area (Å²) in [6, 6.07) is 5.84. The molecule has 3 aromatic heterocycles. The lowest BCUT2D eigenvalue weighted by Gasteiger charge is -2.39. The maximum atomic E-state index is 15.5. The summed E-state index contributed by atoms with van der Waals surface area (Å²) >= 11 is 0. The first-order chi connectivity index (χ1) is 25.5. The summed E-state index contributed by atoms with van der Waals surface area (Å²) in [5.74, 6) is 0.176. The lowest BCUT2D eigenvalue weighted by Crippen LogP contribution is -2.49. The van der Waals surface area contributed by atoms with E-state index in [0.29, 0.717) is 30.8 Å². The summed E-state index contributed by atoms with van der Waals surface area (Å²) in [5.41, 5.74) is 4.32. The standard InChI is InChI=1S/C40H58FN9O4/c1-24(2)29-15-32-28(41)18-47(38(54)22-48(32)43-29)39(6,7)12-11-26(4)30-16-33-34(51)19-46(37(53)21-49(33)44-30)27(5)10-8-9-25(3)31-17-35-40(13-14-40)23-42-36(52)20-50(35)45-31/h15-17,24-28,34,51H,8-14,18-23H2,1-7H3,(H,42,52). The van der Waals surface area contributed by atoms with Crippen molar-refractivity contribution in [3.8, 4) is 0 Å². The lowest BCUT2D eigenvalue weighted by molar-refractivity contribution is -0.138. The van der Waals surface area contributed by atoms with Crippen LogP contribution in [-0.4, -0.2) is 93.2 Å². The monoisotopic (exact) mass is 747 g/mol. The van der Waals surface area contributed by atoms with Gasteiger partial charge in [0.05, 0.1) is 41.6 Å². The van der Waals surface area contributed by atoms with Gasteiger partial charge in [0.1, 0.15) is 25.7 Å². The highest BCUT2D eigenvalue weighted by molar-refractivity contribution is 5.78. The van der Waals surface area contributed by atoms with Gasteiger partial charge in [-0.25, -0.2) is 4.39 Å². The molecular formula is C40H58FN9O4. The van der Waals surface area contributed by atoms with Crippen LogP contribution in [-0.2, 0) is 39.4 Å². The lowest BCUT2D eigenvalue weighted by atomic mass is 9.89. The van der Waals surface area contributed by atoms with Crippen molar-refractivity contribution in [3.05, 3.63) is 52.4 Å². The number of hydrogen-bond donors (Lipinski definition) is 2. The van der Waals surface area contributed by atoms with E-state index in [1.165, 1.54) is 10.4 Å². The Hall–Kier alpha value is -4.07. The fraction of sp³-hybridized carbons (Fsp3) is 0.700. The Balaban J connectivity index is 0.915. The number of aromatic nitrogens is 6. The average molecular weight is 748 g/mol. The van der Waals surface area contributed by atoms with Gasteiger partial charge in [-0.15, -0.1) is 0 Å². The summed E-state index contributed by atoms with van der Waals surface area (Å²) in [7, 11) is 0. The van der Waals surface area contributed by atoms with Crippen molar-refractivity contribution in [3.63, 3.8) is 0 Å². The fourth-order valence-electron chi connectivity index (χ4n) is 8.62. The molecule has 5 atom stereocenters. The Morgan fingerprint density at radius 2 is 1.46 bits per heavy atom. The first-order valence-corrected chi connectivity index (χ1v) is 20.0. The zero-order valence-corrected chi connectivity index (χ0v) is 33.0. The van der Waals surface area contributed by atoms with Crippen molar-refractivity contribution in [2.75, 3.05) is 19.6 Å². The zero-order chi connectivity index (χ0) is 38.7. The number of β-amino-alcohol motifs (C(OH)–C–C–N with tert-alkyl or cyclic N) is 1. The van der Waals surface area contributed by atoms with Gasteiger partial charge in [-0.05, 0) is 83.4 Å². The van der Waals surface area contributed by atoms with Gasteiger partial charge in [0.15, 0.2) is 6.17 Å². The summed E-state index contributed by atoms with van der Waals surface area (Å²) < 4.78 is 20.6. The van der Waals surface area contributed by atoms with Crippen LogP contribution in [0.3, 0.4) is 0 Å². The molecule has 3 aliphatic heterocycles. The molecule has 13 nitrogen and oxygen atoms in total. The third kappa shape index (κ3) is 7.46. The Bertz CT molecular complexity index is 1890. The van der Waals surface area contributed by atoms with Crippen molar-refractivity contribution >= 4 is 17.7 Å². The van der Waals surface area contributed by atoms with E-state index in [0.717, 1.165) is 49.2 Å². The van der Waals surface area contributed by atoms with Gasteiger partial charge in [0.2, 0.25) is 17.7 Å². The molecule has 3 aromatic rings. The molecule has 294 valence electrons. The fourth-order valence-corrected chi connectivity index (χ4v) is 8.62. The van der Waals surface area contributed by atoms with Gasteiger partial charge < -0.3 is 20.2 Å². The predicted molar refractivity (Wildman–Crippen MR) is 200 cm³/mol. The number of alkyl halides is 1. The maximum Gasteiger partial charge on any atom is 0.244 e. The highest BCUT2D eigenvalue weighted by atomic mass is 19.1. The topological polar surface area (TPSA) is 143 Å². The number of hydrogen-bond acceptors (Lipinski definition) is 7. The number of aliphatic hydroxyl groups excluding tert-OH is 1. The second-order valence-corrected chi connectivity index (χ2v) is 17.6. The molecule has 1 spiro atoms. The zero-order valence-electron chi connectivity index (χ0n) is 33.0. The number of aliphatic hydroxyl groups is 1. The van der Waals surface area contributed by atoms with Gasteiger partial charge in [0, 0.05) is 41.1 Å². The van der Waals surface area contributed by atoms with Gasteiger partial charge in [-0.3, -0.25) is 28.4 Å². The number of amides is 3. The van der Waals surface area contributed by atoms with Crippen LogP contribution in [0, 0.1) is 0 Å². The number of nitrogens with zero attached hydrogens (tertiary/aromatic N) is 8. The van der Waals surface area contributed by atoms with Crippen LogP contribution in [0.2, 0.25) is 0 Å². The second kappa shape index (κ2) is 14.5. The molecule has 1 saturated carbocycles. The number of rotatable bonds is 12. The first kappa shape index (κ1) is 38.2. The minimum atomic E-state index is -1.32. The quantitative estimate of drug-likeness (QED) is 0.265. The molecule has 54 heavy (non-hydrogen) atoms. The van der Waals surface area contributed by atoms with Crippen LogP contribution in [0.5, 0.6) is 0 Å². The number of nitrogens with one attached hydrogen (secondary N) is 1. The van der Waals surface area contributed by atoms with E-state index in [-0.39, 0.29) is 79.7 Å².